The fourth-order valence-corrected chi connectivity index (χ4v) is 2.89. The highest BCUT2D eigenvalue weighted by molar-refractivity contribution is 6.30. The Labute approximate surface area is 112 Å². The second-order valence-electron chi connectivity index (χ2n) is 4.77. The monoisotopic (exact) mass is 261 g/mol. The number of hydrogen-bond acceptors (Lipinski definition) is 2. The molecule has 0 aliphatic carbocycles. The van der Waals surface area contributed by atoms with E-state index in [-0.39, 0.29) is 0 Å². The molecule has 0 saturated carbocycles. The highest BCUT2D eigenvalue weighted by atomic mass is 35.5. The average molecular weight is 262 g/mol. The van der Waals surface area contributed by atoms with Gasteiger partial charge in [-0.25, -0.2) is 0 Å². The summed E-state index contributed by atoms with van der Waals surface area (Å²) < 4.78 is 1.99. The van der Waals surface area contributed by atoms with Gasteiger partial charge in [0.25, 0.3) is 0 Å². The summed E-state index contributed by atoms with van der Waals surface area (Å²) in [5, 5.41) is 8.59. The summed E-state index contributed by atoms with van der Waals surface area (Å²) >= 11 is 6.07. The maximum atomic E-state index is 6.07. The molecule has 0 amide bonds. The van der Waals surface area contributed by atoms with E-state index in [0.29, 0.717) is 5.92 Å². The van der Waals surface area contributed by atoms with Crippen LogP contribution in [0.1, 0.15) is 18.0 Å². The van der Waals surface area contributed by atoms with E-state index in [0.717, 1.165) is 23.7 Å². The third-order valence-corrected chi connectivity index (χ3v) is 3.80. The Kier molecular flexibility index (Phi) is 3.10. The minimum absolute atomic E-state index is 0.548. The van der Waals surface area contributed by atoms with E-state index >= 15 is 0 Å². The zero-order valence-corrected chi connectivity index (χ0v) is 11.1. The third-order valence-electron chi connectivity index (χ3n) is 3.57. The number of rotatable bonds is 2. The van der Waals surface area contributed by atoms with Crippen molar-refractivity contribution in [1.82, 2.24) is 15.1 Å². The molecule has 1 aromatic heterocycles. The van der Waals surface area contributed by atoms with Crippen molar-refractivity contribution in [3.8, 4) is 11.1 Å². The van der Waals surface area contributed by atoms with Crippen LogP contribution in [0.3, 0.4) is 0 Å². The van der Waals surface area contributed by atoms with Crippen LogP contribution >= 0.6 is 11.6 Å². The standard InChI is InChI=1S/C14H16ClN3/c1-18-14(11-5-6-16-8-11)13(9-17-18)10-3-2-4-12(15)7-10/h2-4,7,9,11,16H,5-6,8H2,1H3. The second kappa shape index (κ2) is 4.75. The minimum atomic E-state index is 0.548. The van der Waals surface area contributed by atoms with Crippen LogP contribution in [0.25, 0.3) is 11.1 Å². The van der Waals surface area contributed by atoms with Crippen LogP contribution < -0.4 is 5.32 Å². The van der Waals surface area contributed by atoms with Gasteiger partial charge in [0.2, 0.25) is 0 Å². The van der Waals surface area contributed by atoms with Crippen LogP contribution in [0.2, 0.25) is 5.02 Å². The Morgan fingerprint density at radius 3 is 3.06 bits per heavy atom. The van der Waals surface area contributed by atoms with Crippen molar-refractivity contribution in [1.29, 1.82) is 0 Å². The maximum Gasteiger partial charge on any atom is 0.0571 e. The molecule has 1 fully saturated rings. The molecule has 4 heteroatoms. The molecule has 94 valence electrons. The van der Waals surface area contributed by atoms with Crippen molar-refractivity contribution < 1.29 is 0 Å². The molecular weight excluding hydrogens is 246 g/mol. The maximum absolute atomic E-state index is 6.07. The van der Waals surface area contributed by atoms with Crippen LogP contribution in [-0.2, 0) is 7.05 Å². The van der Waals surface area contributed by atoms with Crippen molar-refractivity contribution in [2.75, 3.05) is 13.1 Å². The van der Waals surface area contributed by atoms with Crippen LogP contribution in [0.5, 0.6) is 0 Å². The molecule has 1 unspecified atom stereocenters. The largest absolute Gasteiger partial charge is 0.316 e. The Bertz CT molecular complexity index is 556. The number of nitrogens with zero attached hydrogens (tertiary/aromatic N) is 2. The molecule has 1 aliphatic rings. The van der Waals surface area contributed by atoms with E-state index in [1.54, 1.807) is 0 Å². The molecule has 1 aliphatic heterocycles. The lowest BCUT2D eigenvalue weighted by Gasteiger charge is -2.12. The fourth-order valence-electron chi connectivity index (χ4n) is 2.70. The summed E-state index contributed by atoms with van der Waals surface area (Å²) in [6.45, 7) is 2.12. The molecule has 18 heavy (non-hydrogen) atoms. The van der Waals surface area contributed by atoms with E-state index < -0.39 is 0 Å². The second-order valence-corrected chi connectivity index (χ2v) is 5.20. The lowest BCUT2D eigenvalue weighted by molar-refractivity contribution is 0.638. The SMILES string of the molecule is Cn1ncc(-c2cccc(Cl)c2)c1C1CCNC1. The number of aryl methyl sites for hydroxylation is 1. The summed E-state index contributed by atoms with van der Waals surface area (Å²) in [7, 11) is 2.02. The van der Waals surface area contributed by atoms with Crippen molar-refractivity contribution in [2.45, 2.75) is 12.3 Å². The van der Waals surface area contributed by atoms with Gasteiger partial charge >= 0.3 is 0 Å². The van der Waals surface area contributed by atoms with Gasteiger partial charge in [-0.15, -0.1) is 0 Å². The molecule has 3 nitrogen and oxygen atoms in total. The van der Waals surface area contributed by atoms with Crippen LogP contribution in [-0.4, -0.2) is 22.9 Å². The zero-order valence-electron chi connectivity index (χ0n) is 10.4. The zero-order chi connectivity index (χ0) is 12.5. The first kappa shape index (κ1) is 11.8. The van der Waals surface area contributed by atoms with E-state index in [2.05, 4.69) is 16.5 Å². The molecule has 2 heterocycles. The number of hydrogen-bond donors (Lipinski definition) is 1. The first-order chi connectivity index (χ1) is 8.75. The number of nitrogens with one attached hydrogen (secondary N) is 1. The van der Waals surface area contributed by atoms with Gasteiger partial charge in [0.1, 0.15) is 0 Å². The van der Waals surface area contributed by atoms with E-state index in [4.69, 9.17) is 11.6 Å². The number of aromatic nitrogens is 2. The van der Waals surface area contributed by atoms with Crippen molar-refractivity contribution in [3.05, 3.63) is 41.2 Å². The quantitative estimate of drug-likeness (QED) is 0.901. The van der Waals surface area contributed by atoms with Crippen molar-refractivity contribution in [2.24, 2.45) is 7.05 Å². The molecular formula is C14H16ClN3. The van der Waals surface area contributed by atoms with Crippen molar-refractivity contribution >= 4 is 11.6 Å². The first-order valence-corrected chi connectivity index (χ1v) is 6.62. The average Bonchev–Trinajstić information content (AvgIpc) is 2.97. The fraction of sp³-hybridized carbons (Fsp3) is 0.357. The van der Waals surface area contributed by atoms with Gasteiger partial charge in [-0.05, 0) is 30.7 Å². The predicted molar refractivity (Wildman–Crippen MR) is 73.9 cm³/mol. The Hall–Kier alpha value is -1.32. The molecule has 2 aromatic rings. The minimum Gasteiger partial charge on any atom is -0.316 e. The molecule has 0 bridgehead atoms. The summed E-state index contributed by atoms with van der Waals surface area (Å²) in [6.07, 6.45) is 3.12. The smallest absolute Gasteiger partial charge is 0.0571 e. The topological polar surface area (TPSA) is 29.9 Å². The molecule has 0 spiro atoms. The van der Waals surface area contributed by atoms with E-state index in [9.17, 15) is 0 Å². The van der Waals surface area contributed by atoms with Crippen molar-refractivity contribution in [3.63, 3.8) is 0 Å². The predicted octanol–water partition coefficient (Wildman–Crippen LogP) is 2.82. The summed E-state index contributed by atoms with van der Waals surface area (Å²) in [5.74, 6) is 0.548. The summed E-state index contributed by atoms with van der Waals surface area (Å²) in [6, 6.07) is 7.98. The summed E-state index contributed by atoms with van der Waals surface area (Å²) in [5.41, 5.74) is 3.66. The number of benzene rings is 1. The van der Waals surface area contributed by atoms with E-state index in [1.807, 2.05) is 36.1 Å². The Morgan fingerprint density at radius 1 is 1.44 bits per heavy atom. The van der Waals surface area contributed by atoms with Crippen LogP contribution in [0, 0.1) is 0 Å². The lowest BCUT2D eigenvalue weighted by Crippen LogP contribution is -2.11. The third kappa shape index (κ3) is 2.04. The van der Waals surface area contributed by atoms with Gasteiger partial charge in [-0.1, -0.05) is 23.7 Å². The Morgan fingerprint density at radius 2 is 2.33 bits per heavy atom. The normalized spacial score (nSPS) is 19.3. The molecule has 1 aromatic carbocycles. The molecule has 1 N–H and O–H groups in total. The van der Waals surface area contributed by atoms with Crippen LogP contribution in [0.15, 0.2) is 30.5 Å². The molecule has 1 atom stereocenters. The first-order valence-electron chi connectivity index (χ1n) is 6.24. The lowest BCUT2D eigenvalue weighted by atomic mass is 9.96. The molecule has 1 saturated heterocycles. The molecule has 0 radical (unpaired) electrons. The Balaban J connectivity index is 2.07. The van der Waals surface area contributed by atoms with E-state index in [1.165, 1.54) is 17.7 Å². The highest BCUT2D eigenvalue weighted by Crippen LogP contribution is 2.32. The number of halogens is 1. The van der Waals surface area contributed by atoms with Gasteiger partial charge in [0.05, 0.1) is 11.9 Å². The van der Waals surface area contributed by atoms with Gasteiger partial charge in [-0.2, -0.15) is 5.10 Å². The summed E-state index contributed by atoms with van der Waals surface area (Å²) in [4.78, 5) is 0. The highest BCUT2D eigenvalue weighted by Gasteiger charge is 2.23. The molecule has 3 rings (SSSR count). The van der Waals surface area contributed by atoms with Gasteiger partial charge < -0.3 is 5.32 Å². The van der Waals surface area contributed by atoms with Gasteiger partial charge in [-0.3, -0.25) is 4.68 Å². The van der Waals surface area contributed by atoms with Crippen LogP contribution in [0.4, 0.5) is 0 Å². The van der Waals surface area contributed by atoms with Gasteiger partial charge in [0, 0.05) is 30.1 Å². The van der Waals surface area contributed by atoms with Gasteiger partial charge in [0.15, 0.2) is 0 Å².